The normalized spacial score (nSPS) is 21.2. The summed E-state index contributed by atoms with van der Waals surface area (Å²) in [4.78, 5) is 16.8. The van der Waals surface area contributed by atoms with Crippen LogP contribution in [0.5, 0.6) is 0 Å². The molecule has 1 amide bonds. The standard InChI is InChI=1S/C19H29N3O2/c23-14-13-21-9-11-22(12-10-21)15-18(24)20-16-19(7-4-8-19)17-5-2-1-3-6-17/h1-3,5-6,23H,4,7-16H2,(H,20,24). The third-order valence-electron chi connectivity index (χ3n) is 5.57. The van der Waals surface area contributed by atoms with Gasteiger partial charge in [-0.2, -0.15) is 0 Å². The first-order chi connectivity index (χ1) is 11.7. The Bertz CT molecular complexity index is 523. The fourth-order valence-corrected chi connectivity index (χ4v) is 3.80. The van der Waals surface area contributed by atoms with Crippen LogP contribution in [0.3, 0.4) is 0 Å². The Morgan fingerprint density at radius 2 is 1.75 bits per heavy atom. The summed E-state index contributed by atoms with van der Waals surface area (Å²) in [5, 5.41) is 12.2. The zero-order valence-electron chi connectivity index (χ0n) is 14.4. The highest BCUT2D eigenvalue weighted by Gasteiger charge is 2.38. The molecular weight excluding hydrogens is 302 g/mol. The minimum absolute atomic E-state index is 0.132. The van der Waals surface area contributed by atoms with Gasteiger partial charge in [0.2, 0.25) is 5.91 Å². The van der Waals surface area contributed by atoms with Crippen molar-refractivity contribution < 1.29 is 9.90 Å². The number of rotatable bonds is 7. The van der Waals surface area contributed by atoms with Crippen LogP contribution in [0.2, 0.25) is 0 Å². The molecule has 1 aromatic carbocycles. The van der Waals surface area contributed by atoms with Crippen LogP contribution in [0.4, 0.5) is 0 Å². The van der Waals surface area contributed by atoms with E-state index in [0.717, 1.165) is 52.1 Å². The molecule has 5 nitrogen and oxygen atoms in total. The van der Waals surface area contributed by atoms with E-state index in [2.05, 4.69) is 39.4 Å². The summed E-state index contributed by atoms with van der Waals surface area (Å²) in [6.45, 7) is 5.85. The molecule has 1 saturated heterocycles. The number of β-amino-alcohol motifs (C(OH)–C–C–N with tert-alkyl or cyclic N) is 1. The Morgan fingerprint density at radius 1 is 1.08 bits per heavy atom. The molecule has 0 unspecified atom stereocenters. The monoisotopic (exact) mass is 331 g/mol. The number of aliphatic hydroxyl groups excluding tert-OH is 1. The van der Waals surface area contributed by atoms with E-state index in [0.29, 0.717) is 6.54 Å². The van der Waals surface area contributed by atoms with Crippen molar-refractivity contribution in [3.8, 4) is 0 Å². The van der Waals surface area contributed by atoms with Crippen LogP contribution in [-0.4, -0.2) is 73.2 Å². The SMILES string of the molecule is O=C(CN1CCN(CCO)CC1)NCC1(c2ccccc2)CCC1. The number of hydrogen-bond donors (Lipinski definition) is 2. The quantitative estimate of drug-likeness (QED) is 0.777. The molecule has 132 valence electrons. The van der Waals surface area contributed by atoms with Gasteiger partial charge in [0.15, 0.2) is 0 Å². The number of nitrogens with zero attached hydrogens (tertiary/aromatic N) is 2. The first kappa shape index (κ1) is 17.4. The molecule has 1 aliphatic heterocycles. The Morgan fingerprint density at radius 3 is 2.33 bits per heavy atom. The number of piperazine rings is 1. The number of amides is 1. The number of benzene rings is 1. The van der Waals surface area contributed by atoms with Gasteiger partial charge in [-0.3, -0.25) is 14.6 Å². The van der Waals surface area contributed by atoms with Crippen molar-refractivity contribution in [1.29, 1.82) is 0 Å². The summed E-state index contributed by atoms with van der Waals surface area (Å²) < 4.78 is 0. The van der Waals surface area contributed by atoms with Crippen LogP contribution in [0.15, 0.2) is 30.3 Å². The lowest BCUT2D eigenvalue weighted by Crippen LogP contribution is -2.52. The van der Waals surface area contributed by atoms with Gasteiger partial charge >= 0.3 is 0 Å². The highest BCUT2D eigenvalue weighted by atomic mass is 16.3. The van der Waals surface area contributed by atoms with Crippen molar-refractivity contribution in [3.63, 3.8) is 0 Å². The van der Waals surface area contributed by atoms with Gasteiger partial charge in [-0.1, -0.05) is 36.8 Å². The lowest BCUT2D eigenvalue weighted by Gasteiger charge is -2.43. The lowest BCUT2D eigenvalue weighted by molar-refractivity contribution is -0.123. The number of carbonyl (C=O) groups excluding carboxylic acids is 1. The first-order valence-corrected chi connectivity index (χ1v) is 9.10. The topological polar surface area (TPSA) is 55.8 Å². The molecule has 24 heavy (non-hydrogen) atoms. The lowest BCUT2D eigenvalue weighted by atomic mass is 9.64. The second-order valence-corrected chi connectivity index (χ2v) is 7.12. The maximum atomic E-state index is 12.3. The molecule has 1 heterocycles. The summed E-state index contributed by atoms with van der Waals surface area (Å²) in [5.41, 5.74) is 1.51. The molecule has 5 heteroatoms. The third-order valence-corrected chi connectivity index (χ3v) is 5.57. The summed E-state index contributed by atoms with van der Waals surface area (Å²) in [7, 11) is 0. The molecule has 0 atom stereocenters. The molecule has 1 aliphatic carbocycles. The van der Waals surface area contributed by atoms with Crippen LogP contribution in [-0.2, 0) is 10.2 Å². The summed E-state index contributed by atoms with van der Waals surface area (Å²) in [6.07, 6.45) is 3.58. The van der Waals surface area contributed by atoms with E-state index in [9.17, 15) is 4.79 Å². The average Bonchev–Trinajstić information content (AvgIpc) is 2.57. The molecule has 0 radical (unpaired) electrons. The number of hydrogen-bond acceptors (Lipinski definition) is 4. The predicted molar refractivity (Wildman–Crippen MR) is 94.9 cm³/mol. The van der Waals surface area contributed by atoms with Gasteiger partial charge < -0.3 is 10.4 Å². The Kier molecular flexibility index (Phi) is 5.87. The van der Waals surface area contributed by atoms with Gasteiger partial charge in [0, 0.05) is 44.7 Å². The van der Waals surface area contributed by atoms with Crippen molar-refractivity contribution in [2.45, 2.75) is 24.7 Å². The van der Waals surface area contributed by atoms with E-state index >= 15 is 0 Å². The molecule has 2 fully saturated rings. The maximum Gasteiger partial charge on any atom is 0.234 e. The van der Waals surface area contributed by atoms with Gasteiger partial charge in [-0.15, -0.1) is 0 Å². The van der Waals surface area contributed by atoms with Gasteiger partial charge in [-0.05, 0) is 18.4 Å². The number of carbonyl (C=O) groups is 1. The Balaban J connectivity index is 1.44. The smallest absolute Gasteiger partial charge is 0.234 e. The van der Waals surface area contributed by atoms with Crippen LogP contribution in [0.25, 0.3) is 0 Å². The number of aliphatic hydroxyl groups is 1. The summed E-state index contributed by atoms with van der Waals surface area (Å²) >= 11 is 0. The molecule has 0 aromatic heterocycles. The van der Waals surface area contributed by atoms with E-state index in [1.807, 2.05) is 6.07 Å². The molecular formula is C19H29N3O2. The minimum atomic E-state index is 0.132. The van der Waals surface area contributed by atoms with E-state index in [1.54, 1.807) is 0 Å². The van der Waals surface area contributed by atoms with Gasteiger partial charge in [0.1, 0.15) is 0 Å². The third kappa shape index (κ3) is 4.15. The molecule has 1 saturated carbocycles. The second kappa shape index (κ2) is 8.10. The minimum Gasteiger partial charge on any atom is -0.395 e. The fourth-order valence-electron chi connectivity index (χ4n) is 3.80. The molecule has 3 rings (SSSR count). The van der Waals surface area contributed by atoms with Crippen molar-refractivity contribution in [2.75, 3.05) is 52.4 Å². The first-order valence-electron chi connectivity index (χ1n) is 9.10. The maximum absolute atomic E-state index is 12.3. The highest BCUT2D eigenvalue weighted by molar-refractivity contribution is 5.78. The molecule has 0 bridgehead atoms. The zero-order valence-corrected chi connectivity index (χ0v) is 14.4. The largest absolute Gasteiger partial charge is 0.395 e. The number of nitrogens with one attached hydrogen (secondary N) is 1. The average molecular weight is 331 g/mol. The Hall–Kier alpha value is -1.43. The summed E-state index contributed by atoms with van der Waals surface area (Å²) in [5.74, 6) is 0.132. The van der Waals surface area contributed by atoms with Crippen LogP contribution >= 0.6 is 0 Å². The van der Waals surface area contributed by atoms with Gasteiger partial charge in [-0.25, -0.2) is 0 Å². The Labute approximate surface area is 144 Å². The molecule has 2 aliphatic rings. The van der Waals surface area contributed by atoms with Gasteiger partial charge in [0.05, 0.1) is 13.2 Å². The predicted octanol–water partition coefficient (Wildman–Crippen LogP) is 0.834. The fraction of sp³-hybridized carbons (Fsp3) is 0.632. The van der Waals surface area contributed by atoms with E-state index in [-0.39, 0.29) is 17.9 Å². The van der Waals surface area contributed by atoms with Crippen LogP contribution in [0, 0.1) is 0 Å². The molecule has 2 N–H and O–H groups in total. The van der Waals surface area contributed by atoms with Crippen molar-refractivity contribution in [1.82, 2.24) is 15.1 Å². The molecule has 0 spiro atoms. The van der Waals surface area contributed by atoms with Crippen LogP contribution in [0.1, 0.15) is 24.8 Å². The van der Waals surface area contributed by atoms with Crippen molar-refractivity contribution in [2.24, 2.45) is 0 Å². The zero-order chi connectivity index (χ0) is 16.8. The van der Waals surface area contributed by atoms with Crippen molar-refractivity contribution >= 4 is 5.91 Å². The van der Waals surface area contributed by atoms with E-state index in [4.69, 9.17) is 5.11 Å². The second-order valence-electron chi connectivity index (χ2n) is 7.12. The van der Waals surface area contributed by atoms with Crippen LogP contribution < -0.4 is 5.32 Å². The van der Waals surface area contributed by atoms with Crippen molar-refractivity contribution in [3.05, 3.63) is 35.9 Å². The van der Waals surface area contributed by atoms with E-state index in [1.165, 1.54) is 12.0 Å². The van der Waals surface area contributed by atoms with E-state index < -0.39 is 0 Å². The van der Waals surface area contributed by atoms with Gasteiger partial charge in [0.25, 0.3) is 0 Å². The summed E-state index contributed by atoms with van der Waals surface area (Å²) in [6, 6.07) is 10.6. The highest BCUT2D eigenvalue weighted by Crippen LogP contribution is 2.43. The molecule has 1 aromatic rings.